The van der Waals surface area contributed by atoms with Crippen LogP contribution < -0.4 is 4.72 Å². The zero-order chi connectivity index (χ0) is 15.8. The van der Waals surface area contributed by atoms with Crippen LogP contribution in [0.3, 0.4) is 0 Å². The van der Waals surface area contributed by atoms with Crippen LogP contribution >= 0.6 is 0 Å². The summed E-state index contributed by atoms with van der Waals surface area (Å²) in [6, 6.07) is 0. The maximum Gasteiger partial charge on any atom is 0.435 e. The third-order valence-corrected chi connectivity index (χ3v) is 3.64. The molecule has 1 saturated heterocycles. The second-order valence-corrected chi connectivity index (χ2v) is 6.70. The summed E-state index contributed by atoms with van der Waals surface area (Å²) in [4.78, 5) is 0. The molecule has 10 heteroatoms. The summed E-state index contributed by atoms with van der Waals surface area (Å²) in [5.74, 6) is 0. The van der Waals surface area contributed by atoms with E-state index in [1.54, 1.807) is 0 Å². The van der Waals surface area contributed by atoms with Gasteiger partial charge in [0.25, 0.3) is 0 Å². The van der Waals surface area contributed by atoms with E-state index >= 15 is 0 Å². The van der Waals surface area contributed by atoms with Crippen LogP contribution in [0.25, 0.3) is 0 Å². The van der Waals surface area contributed by atoms with Gasteiger partial charge in [-0.15, -0.1) is 0 Å². The molecule has 1 aromatic rings. The number of rotatable bonds is 3. The summed E-state index contributed by atoms with van der Waals surface area (Å²) in [6.45, 7) is 1.68. The number of hydrogen-bond donors (Lipinski definition) is 1. The zero-order valence-corrected chi connectivity index (χ0v) is 12.4. The van der Waals surface area contributed by atoms with Gasteiger partial charge in [0.2, 0.25) is 10.0 Å². The Hall–Kier alpha value is -1.29. The van der Waals surface area contributed by atoms with Crippen molar-refractivity contribution in [1.29, 1.82) is 0 Å². The van der Waals surface area contributed by atoms with E-state index < -0.39 is 33.8 Å². The van der Waals surface area contributed by atoms with E-state index in [2.05, 4.69) is 5.10 Å². The molecule has 1 aromatic heterocycles. The average Bonchev–Trinajstić information content (AvgIpc) is 2.65. The summed E-state index contributed by atoms with van der Waals surface area (Å²) in [5, 5.41) is 3.83. The van der Waals surface area contributed by atoms with Crippen molar-refractivity contribution in [3.63, 3.8) is 0 Å². The normalized spacial score (nSPS) is 20.5. The van der Waals surface area contributed by atoms with Gasteiger partial charge in [0.05, 0.1) is 11.9 Å². The van der Waals surface area contributed by atoms with Gasteiger partial charge in [-0.3, -0.25) is 4.72 Å². The van der Waals surface area contributed by atoms with Gasteiger partial charge >= 0.3 is 6.18 Å². The average molecular weight is 327 g/mol. The highest BCUT2D eigenvalue weighted by Crippen LogP contribution is 2.40. The smallest absolute Gasteiger partial charge is 0.356 e. The van der Waals surface area contributed by atoms with Gasteiger partial charge in [0, 0.05) is 6.61 Å². The zero-order valence-electron chi connectivity index (χ0n) is 11.6. The van der Waals surface area contributed by atoms with Crippen LogP contribution in [0.1, 0.15) is 36.9 Å². The molecule has 120 valence electrons. The monoisotopic (exact) mass is 327 g/mol. The minimum atomic E-state index is -4.74. The molecule has 0 spiro atoms. The molecule has 0 aliphatic carbocycles. The lowest BCUT2D eigenvalue weighted by Crippen LogP contribution is -2.25. The summed E-state index contributed by atoms with van der Waals surface area (Å²) in [7, 11) is -3.84. The van der Waals surface area contributed by atoms with Crippen LogP contribution in [0.4, 0.5) is 18.9 Å². The Kier molecular flexibility index (Phi) is 4.20. The van der Waals surface area contributed by atoms with Crippen molar-refractivity contribution in [3.05, 3.63) is 11.4 Å². The second-order valence-electron chi connectivity index (χ2n) is 4.95. The molecule has 0 radical (unpaired) electrons. The summed E-state index contributed by atoms with van der Waals surface area (Å²) in [6.07, 6.45) is -2.86. The quantitative estimate of drug-likeness (QED) is 0.924. The highest BCUT2D eigenvalue weighted by Gasteiger charge is 2.42. The minimum Gasteiger partial charge on any atom is -0.356 e. The Morgan fingerprint density at radius 1 is 1.38 bits per heavy atom. The Morgan fingerprint density at radius 2 is 2.05 bits per heavy atom. The molecular formula is C11H16F3N3O3S. The number of nitrogens with zero attached hydrogens (tertiary/aromatic N) is 2. The summed E-state index contributed by atoms with van der Waals surface area (Å²) < 4.78 is 70.4. The standard InChI is InChI=1S/C11H16F3N3O3S/c1-7-9(16-21(2,18)19)10(11(12,13)14)17(15-7)8-5-3-4-6-20-8/h8,16H,3-6H2,1-2H3. The first kappa shape index (κ1) is 16.1. The van der Waals surface area contributed by atoms with Crippen molar-refractivity contribution in [2.24, 2.45) is 0 Å². The molecule has 6 nitrogen and oxygen atoms in total. The molecule has 0 saturated carbocycles. The summed E-state index contributed by atoms with van der Waals surface area (Å²) in [5.41, 5.74) is -1.71. The number of halogens is 3. The molecule has 2 heterocycles. The molecule has 0 bridgehead atoms. The topological polar surface area (TPSA) is 73.2 Å². The maximum absolute atomic E-state index is 13.3. The van der Waals surface area contributed by atoms with Crippen molar-refractivity contribution in [2.45, 2.75) is 38.6 Å². The van der Waals surface area contributed by atoms with Gasteiger partial charge in [0.15, 0.2) is 11.9 Å². The van der Waals surface area contributed by atoms with Crippen LogP contribution in [0.15, 0.2) is 0 Å². The molecule has 1 fully saturated rings. The molecule has 21 heavy (non-hydrogen) atoms. The van der Waals surface area contributed by atoms with Gasteiger partial charge in [0.1, 0.15) is 5.69 Å². The van der Waals surface area contributed by atoms with E-state index in [4.69, 9.17) is 4.74 Å². The van der Waals surface area contributed by atoms with Crippen molar-refractivity contribution < 1.29 is 26.3 Å². The van der Waals surface area contributed by atoms with Crippen molar-refractivity contribution in [2.75, 3.05) is 17.6 Å². The van der Waals surface area contributed by atoms with Gasteiger partial charge in [-0.1, -0.05) is 0 Å². The molecule has 1 N–H and O–H groups in total. The Bertz CT molecular complexity index is 619. The highest BCUT2D eigenvalue weighted by molar-refractivity contribution is 7.92. The van der Waals surface area contributed by atoms with Crippen LogP contribution in [0.2, 0.25) is 0 Å². The molecule has 1 atom stereocenters. The maximum atomic E-state index is 13.3. The minimum absolute atomic E-state index is 0.0399. The lowest BCUT2D eigenvalue weighted by Gasteiger charge is -2.25. The van der Waals surface area contributed by atoms with E-state index in [9.17, 15) is 21.6 Å². The van der Waals surface area contributed by atoms with E-state index in [1.165, 1.54) is 6.92 Å². The number of aromatic nitrogens is 2. The van der Waals surface area contributed by atoms with Gasteiger partial charge in [-0.25, -0.2) is 13.1 Å². The molecule has 0 amide bonds. The van der Waals surface area contributed by atoms with Crippen LogP contribution in [-0.4, -0.2) is 31.1 Å². The Balaban J connectivity index is 2.53. The van der Waals surface area contributed by atoms with Crippen molar-refractivity contribution in [1.82, 2.24) is 9.78 Å². The summed E-state index contributed by atoms with van der Waals surface area (Å²) >= 11 is 0. The number of ether oxygens (including phenoxy) is 1. The van der Waals surface area contributed by atoms with Crippen LogP contribution in [-0.2, 0) is 20.9 Å². The first-order valence-corrected chi connectivity index (χ1v) is 8.24. The lowest BCUT2D eigenvalue weighted by molar-refractivity contribution is -0.151. The van der Waals surface area contributed by atoms with Crippen LogP contribution in [0, 0.1) is 6.92 Å². The number of anilines is 1. The molecule has 2 rings (SSSR count). The highest BCUT2D eigenvalue weighted by atomic mass is 32.2. The van der Waals surface area contributed by atoms with E-state index in [-0.39, 0.29) is 5.69 Å². The van der Waals surface area contributed by atoms with Gasteiger partial charge in [-0.2, -0.15) is 18.3 Å². The van der Waals surface area contributed by atoms with E-state index in [0.29, 0.717) is 13.0 Å². The van der Waals surface area contributed by atoms with Gasteiger partial charge in [-0.05, 0) is 26.2 Å². The molecule has 0 aromatic carbocycles. The SMILES string of the molecule is Cc1nn(C2CCCCO2)c(C(F)(F)F)c1NS(C)(=O)=O. The molecule has 1 unspecified atom stereocenters. The van der Waals surface area contributed by atoms with Gasteiger partial charge < -0.3 is 4.74 Å². The number of hydrogen-bond acceptors (Lipinski definition) is 4. The van der Waals surface area contributed by atoms with E-state index in [1.807, 2.05) is 4.72 Å². The third kappa shape index (κ3) is 3.67. The second kappa shape index (κ2) is 5.48. The fourth-order valence-electron chi connectivity index (χ4n) is 2.25. The van der Waals surface area contributed by atoms with E-state index in [0.717, 1.165) is 23.8 Å². The fraction of sp³-hybridized carbons (Fsp3) is 0.727. The third-order valence-electron chi connectivity index (χ3n) is 3.07. The first-order chi connectivity index (χ1) is 9.59. The number of sulfonamides is 1. The van der Waals surface area contributed by atoms with Crippen molar-refractivity contribution >= 4 is 15.7 Å². The van der Waals surface area contributed by atoms with Crippen molar-refractivity contribution in [3.8, 4) is 0 Å². The number of alkyl halides is 3. The predicted molar refractivity (Wildman–Crippen MR) is 69.3 cm³/mol. The predicted octanol–water partition coefficient (Wildman–Crippen LogP) is 2.28. The first-order valence-electron chi connectivity index (χ1n) is 6.35. The molecule has 1 aliphatic rings. The van der Waals surface area contributed by atoms with Crippen LogP contribution in [0.5, 0.6) is 0 Å². The lowest BCUT2D eigenvalue weighted by atomic mass is 10.2. The molecular weight excluding hydrogens is 311 g/mol. The number of nitrogens with one attached hydrogen (secondary N) is 1. The Labute approximate surface area is 120 Å². The largest absolute Gasteiger partial charge is 0.435 e. The molecule has 1 aliphatic heterocycles. The number of aryl methyl sites for hydroxylation is 1. The fourth-order valence-corrected chi connectivity index (χ4v) is 2.87. The Morgan fingerprint density at radius 3 is 2.52 bits per heavy atom.